The number of aromatic nitrogens is 6. The van der Waals surface area contributed by atoms with Gasteiger partial charge in [0.2, 0.25) is 11.8 Å². The highest BCUT2D eigenvalue weighted by molar-refractivity contribution is 5.90. The summed E-state index contributed by atoms with van der Waals surface area (Å²) in [5, 5.41) is 26.5. The zero-order chi connectivity index (χ0) is 25.3. The number of imidazole rings is 1. The summed E-state index contributed by atoms with van der Waals surface area (Å²) >= 11 is 0. The lowest BCUT2D eigenvalue weighted by atomic mass is 9.87. The van der Waals surface area contributed by atoms with Crippen molar-refractivity contribution in [3.05, 3.63) is 24.0 Å². The number of anilines is 2. The lowest BCUT2D eigenvalue weighted by molar-refractivity contribution is 0.0225. The molecule has 0 unspecified atom stereocenters. The van der Waals surface area contributed by atoms with Crippen LogP contribution in [0.4, 0.5) is 20.5 Å². The Balaban J connectivity index is 0.000000308. The predicted molar refractivity (Wildman–Crippen MR) is 130 cm³/mol. The van der Waals surface area contributed by atoms with Crippen LogP contribution in [0.5, 0.6) is 5.88 Å². The van der Waals surface area contributed by atoms with Gasteiger partial charge in [-0.05, 0) is 38.8 Å². The molecule has 0 aliphatic heterocycles. The molecule has 4 aromatic rings. The number of fused-ring (bicyclic) bond motifs is 2. The summed E-state index contributed by atoms with van der Waals surface area (Å²) in [6, 6.07) is 4.87. The Hall–Kier alpha value is -3.54. The molecule has 12 heteroatoms. The van der Waals surface area contributed by atoms with Gasteiger partial charge in [0.25, 0.3) is 6.43 Å². The molecule has 4 aromatic heterocycles. The van der Waals surface area contributed by atoms with Crippen LogP contribution in [-0.2, 0) is 6.54 Å². The highest BCUT2D eigenvalue weighted by Crippen LogP contribution is 2.34. The molecule has 1 fully saturated rings. The third-order valence-electron chi connectivity index (χ3n) is 6.16. The molecule has 1 aliphatic rings. The van der Waals surface area contributed by atoms with Gasteiger partial charge >= 0.3 is 0 Å². The van der Waals surface area contributed by atoms with Crippen molar-refractivity contribution in [3.8, 4) is 17.1 Å². The fraction of sp³-hybridized carbons (Fsp3) is 0.478. The molecule has 0 amide bonds. The molecule has 0 saturated heterocycles. The molecule has 188 valence electrons. The number of pyridine rings is 1. The smallest absolute Gasteiger partial charge is 0.256 e. The van der Waals surface area contributed by atoms with Crippen molar-refractivity contribution in [2.24, 2.45) is 0 Å². The van der Waals surface area contributed by atoms with Crippen LogP contribution in [0, 0.1) is 6.92 Å². The van der Waals surface area contributed by atoms with Crippen molar-refractivity contribution < 1.29 is 19.0 Å². The Bertz CT molecular complexity index is 1340. The quantitative estimate of drug-likeness (QED) is 0.341. The van der Waals surface area contributed by atoms with Crippen LogP contribution < -0.4 is 11.1 Å². The summed E-state index contributed by atoms with van der Waals surface area (Å²) in [5.74, 6) is 0.687. The Morgan fingerprint density at radius 1 is 1.17 bits per heavy atom. The van der Waals surface area contributed by atoms with Crippen molar-refractivity contribution >= 4 is 28.4 Å². The third kappa shape index (κ3) is 5.11. The fourth-order valence-corrected chi connectivity index (χ4v) is 4.41. The number of nitrogen functional groups attached to an aromatic ring is 1. The Morgan fingerprint density at radius 3 is 2.49 bits per heavy atom. The van der Waals surface area contributed by atoms with Gasteiger partial charge in [0.15, 0.2) is 11.5 Å². The molecule has 1 aliphatic carbocycles. The lowest BCUT2D eigenvalue weighted by Gasteiger charge is -2.27. The molecule has 5 N–H and O–H groups in total. The van der Waals surface area contributed by atoms with Gasteiger partial charge in [-0.3, -0.25) is 0 Å². The van der Waals surface area contributed by atoms with Gasteiger partial charge in [-0.15, -0.1) is 5.10 Å². The molecule has 0 spiro atoms. The van der Waals surface area contributed by atoms with Crippen molar-refractivity contribution in [2.75, 3.05) is 18.1 Å². The van der Waals surface area contributed by atoms with Gasteiger partial charge in [0.1, 0.15) is 16.9 Å². The number of alkyl halides is 2. The molecule has 4 heterocycles. The van der Waals surface area contributed by atoms with E-state index in [1.165, 1.54) is 34.4 Å². The molecular formula is C23H30F2N8O2. The summed E-state index contributed by atoms with van der Waals surface area (Å²) in [5.41, 5.74) is 7.65. The summed E-state index contributed by atoms with van der Waals surface area (Å²) in [7, 11) is 1.66. The second-order valence-electron chi connectivity index (χ2n) is 9.00. The van der Waals surface area contributed by atoms with Crippen molar-refractivity contribution in [1.29, 1.82) is 0 Å². The summed E-state index contributed by atoms with van der Waals surface area (Å²) in [6.45, 7) is 3.09. The van der Waals surface area contributed by atoms with E-state index in [-0.39, 0.29) is 17.4 Å². The van der Waals surface area contributed by atoms with Gasteiger partial charge < -0.3 is 25.8 Å². The van der Waals surface area contributed by atoms with Crippen LogP contribution in [0.1, 0.15) is 44.9 Å². The highest BCUT2D eigenvalue weighted by Gasteiger charge is 2.22. The lowest BCUT2D eigenvalue weighted by Crippen LogP contribution is -2.26. The average molecular weight is 489 g/mol. The van der Waals surface area contributed by atoms with E-state index in [1.807, 2.05) is 6.92 Å². The molecule has 0 aromatic carbocycles. The molecule has 0 radical (unpaired) electrons. The van der Waals surface area contributed by atoms with Gasteiger partial charge in [0, 0.05) is 18.7 Å². The summed E-state index contributed by atoms with van der Waals surface area (Å²) in [4.78, 5) is 12.9. The van der Waals surface area contributed by atoms with Crippen LogP contribution in [0.25, 0.3) is 27.9 Å². The minimum Gasteiger partial charge on any atom is -0.493 e. The largest absolute Gasteiger partial charge is 0.493 e. The number of nitrogens with one attached hydrogen (secondary N) is 1. The van der Waals surface area contributed by atoms with Gasteiger partial charge in [-0.1, -0.05) is 19.3 Å². The second-order valence-corrected chi connectivity index (χ2v) is 9.00. The van der Waals surface area contributed by atoms with E-state index in [2.05, 4.69) is 25.4 Å². The van der Waals surface area contributed by atoms with E-state index < -0.39 is 13.0 Å². The van der Waals surface area contributed by atoms with E-state index in [4.69, 9.17) is 5.73 Å². The minimum absolute atomic E-state index is 0.0154. The number of halogens is 2. The third-order valence-corrected chi connectivity index (χ3v) is 6.16. The van der Waals surface area contributed by atoms with E-state index in [1.54, 1.807) is 26.1 Å². The van der Waals surface area contributed by atoms with E-state index >= 15 is 0 Å². The first-order chi connectivity index (χ1) is 16.6. The van der Waals surface area contributed by atoms with Gasteiger partial charge in [0.05, 0.1) is 17.8 Å². The van der Waals surface area contributed by atoms with E-state index in [0.717, 1.165) is 12.8 Å². The first kappa shape index (κ1) is 24.6. The number of nitrogens with two attached hydrogens (primary N) is 1. The SMILES string of the molecule is CC1(O)CCCCC1.CNc1nc(N)nn2c(O)cc(-c3ccc4nc(C)n(CC(F)F)c4n3)c12. The zero-order valence-electron chi connectivity index (χ0n) is 20.0. The number of hydrogen-bond acceptors (Lipinski definition) is 8. The Labute approximate surface area is 200 Å². The van der Waals surface area contributed by atoms with E-state index in [9.17, 15) is 19.0 Å². The number of rotatable bonds is 4. The number of hydrogen-bond donors (Lipinski definition) is 4. The molecule has 10 nitrogen and oxygen atoms in total. The molecular weight excluding hydrogens is 458 g/mol. The zero-order valence-corrected chi connectivity index (χ0v) is 20.0. The summed E-state index contributed by atoms with van der Waals surface area (Å²) < 4.78 is 28.5. The van der Waals surface area contributed by atoms with Gasteiger partial charge in [-0.25, -0.2) is 18.7 Å². The van der Waals surface area contributed by atoms with Crippen molar-refractivity contribution in [2.45, 2.75) is 64.5 Å². The van der Waals surface area contributed by atoms with Crippen LogP contribution in [0.3, 0.4) is 0 Å². The molecule has 0 bridgehead atoms. The molecule has 5 rings (SSSR count). The standard InChI is InChI=1S/C16H16F2N8O.C7H14O/c1-7-21-10-4-3-9(22-15(10)25(7)6-11(17)18)8-5-12(27)26-13(8)14(20-2)23-16(19)24-26;1-7(8)5-3-2-4-6-7/h3-5,11,27H,6H2,1-2H3,(H3,19,20,23,24);8H,2-6H2,1H3. The maximum atomic E-state index is 12.9. The first-order valence-corrected chi connectivity index (χ1v) is 11.5. The molecule has 35 heavy (non-hydrogen) atoms. The maximum absolute atomic E-state index is 12.9. The van der Waals surface area contributed by atoms with Crippen LogP contribution >= 0.6 is 0 Å². The Kier molecular flexibility index (Phi) is 6.75. The maximum Gasteiger partial charge on any atom is 0.256 e. The number of aromatic hydroxyl groups is 1. The Morgan fingerprint density at radius 2 is 1.89 bits per heavy atom. The van der Waals surface area contributed by atoms with Crippen molar-refractivity contribution in [3.63, 3.8) is 0 Å². The highest BCUT2D eigenvalue weighted by atomic mass is 19.3. The fourth-order valence-electron chi connectivity index (χ4n) is 4.41. The number of aliphatic hydroxyl groups is 1. The van der Waals surface area contributed by atoms with Crippen LogP contribution in [0.2, 0.25) is 0 Å². The van der Waals surface area contributed by atoms with Gasteiger partial charge in [-0.2, -0.15) is 9.50 Å². The number of aryl methyl sites for hydroxylation is 1. The van der Waals surface area contributed by atoms with Crippen molar-refractivity contribution in [1.82, 2.24) is 29.1 Å². The minimum atomic E-state index is -2.53. The molecule has 1 saturated carbocycles. The first-order valence-electron chi connectivity index (χ1n) is 11.5. The normalized spacial score (nSPS) is 15.4. The topological polar surface area (TPSA) is 139 Å². The van der Waals surface area contributed by atoms with Crippen LogP contribution in [-0.4, -0.2) is 58.4 Å². The number of nitrogens with zero attached hydrogens (tertiary/aromatic N) is 6. The predicted octanol–water partition coefficient (Wildman–Crippen LogP) is 3.75. The molecule has 0 atom stereocenters. The summed E-state index contributed by atoms with van der Waals surface area (Å²) in [6.07, 6.45) is 3.23. The monoisotopic (exact) mass is 488 g/mol. The van der Waals surface area contributed by atoms with E-state index in [0.29, 0.717) is 39.6 Å². The second kappa shape index (κ2) is 9.61. The van der Waals surface area contributed by atoms with Crippen LogP contribution in [0.15, 0.2) is 18.2 Å². The average Bonchev–Trinajstić information content (AvgIpc) is 3.29.